The molecule has 0 aliphatic heterocycles. The lowest BCUT2D eigenvalue weighted by molar-refractivity contribution is 0.795. The van der Waals surface area contributed by atoms with Crippen LogP contribution in [0, 0.1) is 6.92 Å². The molecule has 0 unspecified atom stereocenters. The molecule has 2 radical (unpaired) electrons. The molecule has 0 saturated heterocycles. The predicted molar refractivity (Wildman–Crippen MR) is 66.0 cm³/mol. The average molecular weight is 196 g/mol. The number of rotatable bonds is 3. The fourth-order valence-electron chi connectivity index (χ4n) is 1.93. The first-order valence-electron chi connectivity index (χ1n) is 5.58. The molecule has 0 fully saturated rings. The zero-order valence-electron chi connectivity index (χ0n) is 9.16. The van der Waals surface area contributed by atoms with Crippen LogP contribution in [0.25, 0.3) is 10.8 Å². The minimum Gasteiger partial charge on any atom is -0.0654 e. The average Bonchev–Trinajstić information content (AvgIpc) is 2.26. The van der Waals surface area contributed by atoms with Crippen LogP contribution in [0.5, 0.6) is 0 Å². The Bertz CT molecular complexity index is 455. The summed E-state index contributed by atoms with van der Waals surface area (Å²) in [5, 5.41) is 2.42. The van der Waals surface area contributed by atoms with Crippen LogP contribution in [0.1, 0.15) is 30.9 Å². The summed E-state index contributed by atoms with van der Waals surface area (Å²) in [5.41, 5.74) is 2.26. The molecule has 76 valence electrons. The Morgan fingerprint density at radius 3 is 2.73 bits per heavy atom. The number of benzene rings is 2. The fourth-order valence-corrected chi connectivity index (χ4v) is 1.93. The molecule has 0 aliphatic rings. The lowest BCUT2D eigenvalue weighted by Gasteiger charge is -2.06. The number of hydrogen-bond acceptors (Lipinski definition) is 0. The van der Waals surface area contributed by atoms with Gasteiger partial charge in [0.05, 0.1) is 0 Å². The zero-order chi connectivity index (χ0) is 10.7. The number of fused-ring (bicyclic) bond motifs is 1. The molecule has 0 amide bonds. The molecule has 15 heavy (non-hydrogen) atoms. The van der Waals surface area contributed by atoms with Crippen molar-refractivity contribution in [1.29, 1.82) is 0 Å². The highest BCUT2D eigenvalue weighted by atomic mass is 14.0. The Morgan fingerprint density at radius 1 is 1.13 bits per heavy atom. The molecule has 0 N–H and O–H groups in total. The summed E-state index contributed by atoms with van der Waals surface area (Å²) in [7, 11) is 0. The topological polar surface area (TPSA) is 0 Å². The molecule has 0 saturated carbocycles. The first-order chi connectivity index (χ1) is 7.31. The molecule has 2 rings (SSSR count). The molecule has 0 aromatic heterocycles. The van der Waals surface area contributed by atoms with Crippen molar-refractivity contribution in [2.24, 2.45) is 0 Å². The Hall–Kier alpha value is -1.30. The van der Waals surface area contributed by atoms with Gasteiger partial charge in [-0.3, -0.25) is 0 Å². The lowest BCUT2D eigenvalue weighted by Crippen LogP contribution is -1.87. The van der Waals surface area contributed by atoms with E-state index in [4.69, 9.17) is 6.92 Å². The first kappa shape index (κ1) is 10.2. The monoisotopic (exact) mass is 196 g/mol. The maximum Gasteiger partial charge on any atom is -0.000534 e. The van der Waals surface area contributed by atoms with E-state index in [0.29, 0.717) is 0 Å². The van der Waals surface area contributed by atoms with Gasteiger partial charge in [0, 0.05) is 0 Å². The molecule has 0 nitrogen and oxygen atoms in total. The van der Waals surface area contributed by atoms with Crippen LogP contribution in [0.2, 0.25) is 0 Å². The summed E-state index contributed by atoms with van der Waals surface area (Å²) in [5.74, 6) is 0. The number of hydrogen-bond donors (Lipinski definition) is 0. The van der Waals surface area contributed by atoms with E-state index in [9.17, 15) is 0 Å². The Balaban J connectivity index is 2.43. The van der Waals surface area contributed by atoms with Crippen LogP contribution in [-0.2, 0) is 6.42 Å². The first-order valence-corrected chi connectivity index (χ1v) is 5.58. The maximum atomic E-state index is 6.03. The Labute approximate surface area is 91.9 Å². The van der Waals surface area contributed by atoms with Gasteiger partial charge >= 0.3 is 0 Å². The van der Waals surface area contributed by atoms with E-state index < -0.39 is 0 Å². The minimum absolute atomic E-state index is 0.902. The summed E-state index contributed by atoms with van der Waals surface area (Å²) < 4.78 is 0. The van der Waals surface area contributed by atoms with Crippen molar-refractivity contribution in [1.82, 2.24) is 0 Å². The maximum absolute atomic E-state index is 6.03. The molecule has 2 aromatic carbocycles. The van der Waals surface area contributed by atoms with Gasteiger partial charge in [-0.15, -0.1) is 0 Å². The van der Waals surface area contributed by atoms with Crippen LogP contribution >= 0.6 is 0 Å². The van der Waals surface area contributed by atoms with E-state index >= 15 is 0 Å². The molecule has 0 bridgehead atoms. The Morgan fingerprint density at radius 2 is 1.93 bits per heavy atom. The van der Waals surface area contributed by atoms with Gasteiger partial charge in [-0.25, -0.2) is 0 Å². The third-order valence-electron chi connectivity index (χ3n) is 2.77. The smallest absolute Gasteiger partial charge is 0.000534 e. The predicted octanol–water partition coefficient (Wildman–Crippen LogP) is 4.24. The minimum atomic E-state index is 0.902. The van der Waals surface area contributed by atoms with E-state index in [1.807, 2.05) is 6.07 Å². The largest absolute Gasteiger partial charge is 0.0654 e. The summed E-state index contributed by atoms with van der Waals surface area (Å²) in [6.07, 6.45) is 3.59. The zero-order valence-corrected chi connectivity index (χ0v) is 9.16. The van der Waals surface area contributed by atoms with Crippen molar-refractivity contribution >= 4 is 10.8 Å². The number of aryl methyl sites for hydroxylation is 1. The van der Waals surface area contributed by atoms with Crippen molar-refractivity contribution in [3.8, 4) is 0 Å². The summed E-state index contributed by atoms with van der Waals surface area (Å²) in [6, 6.07) is 12.7. The van der Waals surface area contributed by atoms with Crippen LogP contribution in [0.15, 0.2) is 36.4 Å². The highest BCUT2D eigenvalue weighted by Gasteiger charge is 1.99. The quantitative estimate of drug-likeness (QED) is 0.688. The van der Waals surface area contributed by atoms with Gasteiger partial charge in [-0.1, -0.05) is 49.7 Å². The van der Waals surface area contributed by atoms with Crippen LogP contribution in [-0.4, -0.2) is 0 Å². The van der Waals surface area contributed by atoms with Gasteiger partial charge in [-0.2, -0.15) is 0 Å². The van der Waals surface area contributed by atoms with Crippen LogP contribution in [0.3, 0.4) is 0 Å². The highest BCUT2D eigenvalue weighted by Crippen LogP contribution is 2.21. The second kappa shape index (κ2) is 4.48. The van der Waals surface area contributed by atoms with E-state index in [2.05, 4.69) is 37.3 Å². The van der Waals surface area contributed by atoms with Gasteiger partial charge in [0.2, 0.25) is 0 Å². The molecule has 0 spiro atoms. The summed E-state index contributed by atoms with van der Waals surface area (Å²) in [6.45, 7) is 8.24. The van der Waals surface area contributed by atoms with Crippen molar-refractivity contribution in [3.63, 3.8) is 0 Å². The van der Waals surface area contributed by atoms with Gasteiger partial charge in [-0.05, 0) is 41.7 Å². The normalized spacial score (nSPS) is 10.8. The molecule has 0 aliphatic carbocycles. The van der Waals surface area contributed by atoms with Gasteiger partial charge in [0.15, 0.2) is 0 Å². The fraction of sp³-hybridized carbons (Fsp3) is 0.267. The second-order valence-electron chi connectivity index (χ2n) is 4.01. The third kappa shape index (κ3) is 2.20. The number of unbranched alkanes of at least 4 members (excludes halogenated alkanes) is 1. The van der Waals surface area contributed by atoms with E-state index in [1.54, 1.807) is 0 Å². The Kier molecular flexibility index (Phi) is 3.05. The van der Waals surface area contributed by atoms with Crippen LogP contribution < -0.4 is 0 Å². The van der Waals surface area contributed by atoms with Gasteiger partial charge in [0.1, 0.15) is 0 Å². The summed E-state index contributed by atoms with van der Waals surface area (Å²) >= 11 is 0. The summed E-state index contributed by atoms with van der Waals surface area (Å²) in [4.78, 5) is 0. The van der Waals surface area contributed by atoms with E-state index in [-0.39, 0.29) is 0 Å². The van der Waals surface area contributed by atoms with E-state index in [0.717, 1.165) is 17.4 Å². The molecular formula is C15H16. The standard InChI is InChI=1S/C15H16/c1-3-4-7-13-10-12(2)15-9-6-5-8-14(15)11-13/h2,5-6,8-11H,3-4,7H2,1H3. The van der Waals surface area contributed by atoms with Crippen molar-refractivity contribution in [2.45, 2.75) is 26.2 Å². The highest BCUT2D eigenvalue weighted by molar-refractivity contribution is 5.87. The van der Waals surface area contributed by atoms with Crippen LogP contribution in [0.4, 0.5) is 0 Å². The van der Waals surface area contributed by atoms with Crippen molar-refractivity contribution < 1.29 is 0 Å². The molecule has 0 atom stereocenters. The lowest BCUT2D eigenvalue weighted by atomic mass is 9.99. The van der Waals surface area contributed by atoms with Gasteiger partial charge < -0.3 is 0 Å². The third-order valence-corrected chi connectivity index (χ3v) is 2.77. The van der Waals surface area contributed by atoms with Gasteiger partial charge in [0.25, 0.3) is 0 Å². The SMILES string of the molecule is [CH]c1cc(CCCC)cc2ccccc12. The molecule has 0 heteroatoms. The molecule has 0 heterocycles. The van der Waals surface area contributed by atoms with E-state index in [1.165, 1.54) is 23.8 Å². The molecule has 2 aromatic rings. The van der Waals surface area contributed by atoms with Crippen molar-refractivity contribution in [2.75, 3.05) is 0 Å². The van der Waals surface area contributed by atoms with Crippen molar-refractivity contribution in [3.05, 3.63) is 54.4 Å². The molecular weight excluding hydrogens is 180 g/mol. The second-order valence-corrected chi connectivity index (χ2v) is 4.01.